The molecule has 0 radical (unpaired) electrons. The van der Waals surface area contributed by atoms with E-state index in [1.807, 2.05) is 26.0 Å². The third kappa shape index (κ3) is 4.08. The van der Waals surface area contributed by atoms with E-state index in [9.17, 15) is 4.79 Å². The highest BCUT2D eigenvalue weighted by atomic mass is 79.9. The van der Waals surface area contributed by atoms with E-state index in [1.54, 1.807) is 6.26 Å². The Bertz CT molecular complexity index is 298. The molecule has 0 aromatic carbocycles. The summed E-state index contributed by atoms with van der Waals surface area (Å²) in [6.07, 6.45) is 3.16. The molecule has 2 unspecified atom stereocenters. The average Bonchev–Trinajstić information content (AvgIpc) is 2.68. The van der Waals surface area contributed by atoms with Crippen LogP contribution >= 0.6 is 15.9 Å². The zero-order valence-corrected chi connectivity index (χ0v) is 10.6. The fourth-order valence-corrected chi connectivity index (χ4v) is 1.43. The highest BCUT2D eigenvalue weighted by molar-refractivity contribution is 9.10. The van der Waals surface area contributed by atoms with E-state index in [0.29, 0.717) is 0 Å². The second-order valence-electron chi connectivity index (χ2n) is 3.57. The van der Waals surface area contributed by atoms with Crippen LogP contribution in [0.3, 0.4) is 0 Å². The quantitative estimate of drug-likeness (QED) is 0.838. The standard InChI is InChI=1S/C11H16BrNO2/c1-3-10(12)11(14)13-8(2)7-9-5-4-6-15-9/h4-6,8,10H,3,7H2,1-2H3,(H,13,14). The average molecular weight is 274 g/mol. The van der Waals surface area contributed by atoms with Gasteiger partial charge in [-0.25, -0.2) is 0 Å². The molecule has 1 aromatic rings. The Hall–Kier alpha value is -0.770. The Morgan fingerprint density at radius 2 is 2.40 bits per heavy atom. The number of hydrogen-bond donors (Lipinski definition) is 1. The summed E-state index contributed by atoms with van der Waals surface area (Å²) in [4.78, 5) is 11.4. The minimum atomic E-state index is -0.100. The van der Waals surface area contributed by atoms with Crippen molar-refractivity contribution in [3.63, 3.8) is 0 Å². The number of furan rings is 1. The van der Waals surface area contributed by atoms with Crippen LogP contribution in [-0.2, 0) is 11.2 Å². The summed E-state index contributed by atoms with van der Waals surface area (Å²) in [6, 6.07) is 3.85. The van der Waals surface area contributed by atoms with Crippen LogP contribution in [0.5, 0.6) is 0 Å². The maximum Gasteiger partial charge on any atom is 0.233 e. The molecular weight excluding hydrogens is 258 g/mol. The van der Waals surface area contributed by atoms with Gasteiger partial charge in [0, 0.05) is 12.5 Å². The van der Waals surface area contributed by atoms with Gasteiger partial charge in [0.15, 0.2) is 0 Å². The molecule has 0 bridgehead atoms. The molecule has 0 aliphatic heterocycles. The number of halogens is 1. The molecule has 1 amide bonds. The lowest BCUT2D eigenvalue weighted by molar-refractivity contribution is -0.121. The smallest absolute Gasteiger partial charge is 0.233 e. The van der Waals surface area contributed by atoms with E-state index in [1.165, 1.54) is 0 Å². The van der Waals surface area contributed by atoms with Gasteiger partial charge in [-0.1, -0.05) is 22.9 Å². The number of alkyl halides is 1. The first-order valence-corrected chi connectivity index (χ1v) is 6.02. The van der Waals surface area contributed by atoms with Gasteiger partial charge in [-0.2, -0.15) is 0 Å². The van der Waals surface area contributed by atoms with Gasteiger partial charge in [-0.15, -0.1) is 0 Å². The van der Waals surface area contributed by atoms with Gasteiger partial charge >= 0.3 is 0 Å². The van der Waals surface area contributed by atoms with Gasteiger partial charge in [0.1, 0.15) is 5.76 Å². The van der Waals surface area contributed by atoms with Crippen molar-refractivity contribution in [2.24, 2.45) is 0 Å². The van der Waals surface area contributed by atoms with Crippen molar-refractivity contribution >= 4 is 21.8 Å². The Labute approximate surface area is 98.4 Å². The van der Waals surface area contributed by atoms with Gasteiger partial charge in [0.25, 0.3) is 0 Å². The SMILES string of the molecule is CCC(Br)C(=O)NC(C)Cc1ccco1. The third-order valence-electron chi connectivity index (χ3n) is 2.12. The second-order valence-corrected chi connectivity index (χ2v) is 4.67. The summed E-state index contributed by atoms with van der Waals surface area (Å²) < 4.78 is 5.21. The fourth-order valence-electron chi connectivity index (χ4n) is 1.30. The normalized spacial score (nSPS) is 14.6. The zero-order valence-electron chi connectivity index (χ0n) is 9.00. The summed E-state index contributed by atoms with van der Waals surface area (Å²) in [5, 5.41) is 2.92. The predicted molar refractivity (Wildman–Crippen MR) is 63.0 cm³/mol. The lowest BCUT2D eigenvalue weighted by Gasteiger charge is -2.14. The maximum atomic E-state index is 11.5. The largest absolute Gasteiger partial charge is 0.469 e. The number of carbonyl (C=O) groups is 1. The van der Waals surface area contributed by atoms with Gasteiger partial charge in [-0.3, -0.25) is 4.79 Å². The molecule has 0 aliphatic rings. The zero-order chi connectivity index (χ0) is 11.3. The van der Waals surface area contributed by atoms with E-state index in [0.717, 1.165) is 18.6 Å². The van der Waals surface area contributed by atoms with Crippen molar-refractivity contribution in [2.45, 2.75) is 37.6 Å². The number of carbonyl (C=O) groups excluding carboxylic acids is 1. The first-order valence-electron chi connectivity index (χ1n) is 5.10. The molecule has 4 heteroatoms. The van der Waals surface area contributed by atoms with Crippen molar-refractivity contribution in [1.29, 1.82) is 0 Å². The highest BCUT2D eigenvalue weighted by Gasteiger charge is 2.15. The topological polar surface area (TPSA) is 42.2 Å². The molecule has 84 valence electrons. The Balaban J connectivity index is 2.36. The molecule has 0 saturated carbocycles. The second kappa shape index (κ2) is 5.95. The van der Waals surface area contributed by atoms with E-state index in [2.05, 4.69) is 21.2 Å². The van der Waals surface area contributed by atoms with Crippen LogP contribution < -0.4 is 5.32 Å². The molecule has 1 aromatic heterocycles. The van der Waals surface area contributed by atoms with Crippen LogP contribution in [0.4, 0.5) is 0 Å². The van der Waals surface area contributed by atoms with E-state index < -0.39 is 0 Å². The molecule has 1 heterocycles. The highest BCUT2D eigenvalue weighted by Crippen LogP contribution is 2.07. The van der Waals surface area contributed by atoms with Gasteiger partial charge < -0.3 is 9.73 Å². The number of amides is 1. The van der Waals surface area contributed by atoms with E-state index >= 15 is 0 Å². The Morgan fingerprint density at radius 3 is 2.93 bits per heavy atom. The molecule has 0 aliphatic carbocycles. The monoisotopic (exact) mass is 273 g/mol. The summed E-state index contributed by atoms with van der Waals surface area (Å²) in [6.45, 7) is 3.94. The maximum absolute atomic E-state index is 11.5. The summed E-state index contributed by atoms with van der Waals surface area (Å²) in [5.74, 6) is 0.932. The van der Waals surface area contributed by atoms with Gasteiger partial charge in [0.05, 0.1) is 11.1 Å². The minimum absolute atomic E-state index is 0.0385. The molecule has 2 atom stereocenters. The molecule has 15 heavy (non-hydrogen) atoms. The first-order chi connectivity index (χ1) is 7.13. The first kappa shape index (κ1) is 12.3. The summed E-state index contributed by atoms with van der Waals surface area (Å²) in [5.41, 5.74) is 0. The molecule has 1 N–H and O–H groups in total. The minimum Gasteiger partial charge on any atom is -0.469 e. The van der Waals surface area contributed by atoms with Gasteiger partial charge in [-0.05, 0) is 25.5 Å². The van der Waals surface area contributed by atoms with Crippen molar-refractivity contribution in [2.75, 3.05) is 0 Å². The van der Waals surface area contributed by atoms with Crippen molar-refractivity contribution in [3.8, 4) is 0 Å². The molecule has 0 spiro atoms. The predicted octanol–water partition coefficient (Wildman–Crippen LogP) is 2.50. The van der Waals surface area contributed by atoms with Crippen molar-refractivity contribution < 1.29 is 9.21 Å². The summed E-state index contributed by atoms with van der Waals surface area (Å²) >= 11 is 3.31. The summed E-state index contributed by atoms with van der Waals surface area (Å²) in [7, 11) is 0. The van der Waals surface area contributed by atoms with Crippen molar-refractivity contribution in [3.05, 3.63) is 24.2 Å². The van der Waals surface area contributed by atoms with Crippen LogP contribution in [0.2, 0.25) is 0 Å². The Morgan fingerprint density at radius 1 is 1.67 bits per heavy atom. The number of rotatable bonds is 5. The lowest BCUT2D eigenvalue weighted by Crippen LogP contribution is -2.38. The molecule has 3 nitrogen and oxygen atoms in total. The lowest BCUT2D eigenvalue weighted by atomic mass is 10.2. The van der Waals surface area contributed by atoms with Gasteiger partial charge in [0.2, 0.25) is 5.91 Å². The Kier molecular flexibility index (Phi) is 4.88. The third-order valence-corrected chi connectivity index (χ3v) is 3.18. The molecule has 1 rings (SSSR count). The molecule has 0 fully saturated rings. The van der Waals surface area contributed by atoms with Crippen LogP contribution in [0.25, 0.3) is 0 Å². The van der Waals surface area contributed by atoms with Crippen molar-refractivity contribution in [1.82, 2.24) is 5.32 Å². The van der Waals surface area contributed by atoms with Crippen LogP contribution in [0.1, 0.15) is 26.0 Å². The molecule has 0 saturated heterocycles. The van der Waals surface area contributed by atoms with Crippen LogP contribution in [0, 0.1) is 0 Å². The number of nitrogens with one attached hydrogen (secondary N) is 1. The van der Waals surface area contributed by atoms with Crippen LogP contribution in [0.15, 0.2) is 22.8 Å². The van der Waals surface area contributed by atoms with E-state index in [4.69, 9.17) is 4.42 Å². The van der Waals surface area contributed by atoms with E-state index in [-0.39, 0.29) is 16.8 Å². The number of hydrogen-bond acceptors (Lipinski definition) is 2. The fraction of sp³-hybridized carbons (Fsp3) is 0.545. The van der Waals surface area contributed by atoms with Crippen LogP contribution in [-0.4, -0.2) is 16.8 Å². The molecular formula is C11H16BrNO2.